The third kappa shape index (κ3) is 3.98. The smallest absolute Gasteiger partial charge is 0.290 e. The number of carbonyl (C=O) groups is 1. The molecule has 1 amide bonds. The van der Waals surface area contributed by atoms with Gasteiger partial charge in [-0.15, -0.1) is 0 Å². The lowest BCUT2D eigenvalue weighted by molar-refractivity contribution is 0.0462. The van der Waals surface area contributed by atoms with Crippen LogP contribution in [0.15, 0.2) is 15.1 Å². The number of nitrogens with zero attached hydrogens (tertiary/aromatic N) is 3. The number of nitrogens with one attached hydrogen (secondary N) is 1. The summed E-state index contributed by atoms with van der Waals surface area (Å²) in [5, 5.41) is 10.6. The van der Waals surface area contributed by atoms with E-state index in [1.807, 2.05) is 13.8 Å². The van der Waals surface area contributed by atoms with Crippen molar-refractivity contribution in [1.29, 1.82) is 0 Å². The molecule has 1 aliphatic heterocycles. The van der Waals surface area contributed by atoms with E-state index in [1.54, 1.807) is 0 Å². The third-order valence-electron chi connectivity index (χ3n) is 4.19. The molecule has 9 nitrogen and oxygen atoms in total. The molecule has 0 spiro atoms. The molecule has 0 saturated carbocycles. The molecule has 9 heteroatoms. The van der Waals surface area contributed by atoms with E-state index in [0.717, 1.165) is 12.8 Å². The maximum Gasteiger partial charge on any atom is 0.290 e. The van der Waals surface area contributed by atoms with Gasteiger partial charge in [-0.1, -0.05) is 19.0 Å². The minimum atomic E-state index is -0.410. The highest BCUT2D eigenvalue weighted by molar-refractivity contribution is 5.91. The molecule has 136 valence electrons. The number of hydrogen-bond acceptors (Lipinski definition) is 8. The van der Waals surface area contributed by atoms with Crippen LogP contribution in [0, 0.1) is 5.92 Å². The molecule has 0 aliphatic carbocycles. The third-order valence-corrected chi connectivity index (χ3v) is 4.19. The fourth-order valence-electron chi connectivity index (χ4n) is 2.71. The predicted molar refractivity (Wildman–Crippen MR) is 85.2 cm³/mol. The molecule has 1 atom stereocenters. The fourth-order valence-corrected chi connectivity index (χ4v) is 2.71. The van der Waals surface area contributed by atoms with E-state index >= 15 is 0 Å². The molecule has 1 unspecified atom stereocenters. The van der Waals surface area contributed by atoms with Crippen LogP contribution in [0.1, 0.15) is 60.9 Å². The first-order valence-corrected chi connectivity index (χ1v) is 8.31. The van der Waals surface area contributed by atoms with Crippen LogP contribution in [0.4, 0.5) is 0 Å². The standard InChI is InChI=1S/C16H22N4O5/c1-9(2)14-18-16(25-20-14)13(10-4-6-23-7-5-10)17-15(21)11-8-12(22-3)19-24-11/h8-10,13H,4-7H2,1-3H3,(H,17,21). The van der Waals surface area contributed by atoms with Crippen molar-refractivity contribution in [2.45, 2.75) is 38.6 Å². The van der Waals surface area contributed by atoms with Crippen LogP contribution in [0.2, 0.25) is 0 Å². The normalized spacial score (nSPS) is 16.8. The molecule has 25 heavy (non-hydrogen) atoms. The van der Waals surface area contributed by atoms with Gasteiger partial charge in [-0.25, -0.2) is 0 Å². The van der Waals surface area contributed by atoms with Crippen molar-refractivity contribution in [3.8, 4) is 5.88 Å². The number of aromatic nitrogens is 3. The zero-order chi connectivity index (χ0) is 17.8. The summed E-state index contributed by atoms with van der Waals surface area (Å²) in [6, 6.07) is 1.02. The van der Waals surface area contributed by atoms with Crippen LogP contribution in [0.5, 0.6) is 5.88 Å². The average molecular weight is 350 g/mol. The summed E-state index contributed by atoms with van der Waals surface area (Å²) in [5.41, 5.74) is 0. The van der Waals surface area contributed by atoms with Crippen molar-refractivity contribution in [3.05, 3.63) is 23.5 Å². The maximum atomic E-state index is 12.5. The second-order valence-corrected chi connectivity index (χ2v) is 6.28. The van der Waals surface area contributed by atoms with Crippen LogP contribution in [-0.2, 0) is 4.74 Å². The van der Waals surface area contributed by atoms with Gasteiger partial charge in [0, 0.05) is 19.1 Å². The molecule has 0 radical (unpaired) electrons. The Balaban J connectivity index is 1.81. The zero-order valence-corrected chi connectivity index (χ0v) is 14.5. The van der Waals surface area contributed by atoms with Crippen LogP contribution >= 0.6 is 0 Å². The molecule has 0 aromatic carbocycles. The van der Waals surface area contributed by atoms with E-state index in [-0.39, 0.29) is 23.5 Å². The van der Waals surface area contributed by atoms with Gasteiger partial charge in [0.25, 0.3) is 11.8 Å². The van der Waals surface area contributed by atoms with Gasteiger partial charge in [-0.2, -0.15) is 4.98 Å². The number of amides is 1. The van der Waals surface area contributed by atoms with Gasteiger partial charge in [0.15, 0.2) is 5.82 Å². The molecule has 3 rings (SSSR count). The summed E-state index contributed by atoms with van der Waals surface area (Å²) in [6.07, 6.45) is 1.59. The van der Waals surface area contributed by atoms with Crippen molar-refractivity contribution in [3.63, 3.8) is 0 Å². The van der Waals surface area contributed by atoms with Crippen LogP contribution in [0.25, 0.3) is 0 Å². The first-order valence-electron chi connectivity index (χ1n) is 8.31. The van der Waals surface area contributed by atoms with E-state index in [0.29, 0.717) is 24.9 Å². The van der Waals surface area contributed by atoms with Crippen molar-refractivity contribution >= 4 is 5.91 Å². The number of rotatable bonds is 6. The van der Waals surface area contributed by atoms with Crippen molar-refractivity contribution in [1.82, 2.24) is 20.6 Å². The topological polar surface area (TPSA) is 113 Å². The van der Waals surface area contributed by atoms with Crippen molar-refractivity contribution < 1.29 is 23.3 Å². The summed E-state index contributed by atoms with van der Waals surface area (Å²) >= 11 is 0. The Morgan fingerprint density at radius 3 is 2.64 bits per heavy atom. The monoisotopic (exact) mass is 350 g/mol. The highest BCUT2D eigenvalue weighted by atomic mass is 16.5. The average Bonchev–Trinajstić information content (AvgIpc) is 3.29. The first kappa shape index (κ1) is 17.4. The summed E-state index contributed by atoms with van der Waals surface area (Å²) in [7, 11) is 1.45. The number of hydrogen-bond donors (Lipinski definition) is 1. The van der Waals surface area contributed by atoms with Crippen LogP contribution in [0.3, 0.4) is 0 Å². The Kier molecular flexibility index (Phi) is 5.32. The largest absolute Gasteiger partial charge is 0.479 e. The molecule has 2 aromatic heterocycles. The Morgan fingerprint density at radius 1 is 1.28 bits per heavy atom. The molecule has 1 aliphatic rings. The quantitative estimate of drug-likeness (QED) is 0.842. The van der Waals surface area contributed by atoms with Gasteiger partial charge in [-0.05, 0) is 23.9 Å². The second-order valence-electron chi connectivity index (χ2n) is 6.28. The first-order chi connectivity index (χ1) is 12.1. The molecule has 1 saturated heterocycles. The molecule has 1 N–H and O–H groups in total. The number of methoxy groups -OCH3 is 1. The predicted octanol–water partition coefficient (Wildman–Crippen LogP) is 2.09. The lowest BCUT2D eigenvalue weighted by Gasteiger charge is -2.28. The molecule has 3 heterocycles. The highest BCUT2D eigenvalue weighted by Gasteiger charge is 2.32. The van der Waals surface area contributed by atoms with Gasteiger partial charge >= 0.3 is 0 Å². The molecular weight excluding hydrogens is 328 g/mol. The molecular formula is C16H22N4O5. The lowest BCUT2D eigenvalue weighted by Crippen LogP contribution is -2.36. The summed E-state index contributed by atoms with van der Waals surface area (Å²) in [5.74, 6) is 1.20. The van der Waals surface area contributed by atoms with Gasteiger partial charge in [0.2, 0.25) is 11.7 Å². The van der Waals surface area contributed by atoms with E-state index in [4.69, 9.17) is 18.5 Å². The van der Waals surface area contributed by atoms with E-state index in [2.05, 4.69) is 20.6 Å². The number of carbonyl (C=O) groups excluding carboxylic acids is 1. The Morgan fingerprint density at radius 2 is 2.04 bits per heavy atom. The van der Waals surface area contributed by atoms with Crippen LogP contribution in [-0.4, -0.2) is 41.5 Å². The lowest BCUT2D eigenvalue weighted by atomic mass is 9.91. The molecule has 2 aromatic rings. The Bertz CT molecular complexity index is 705. The van der Waals surface area contributed by atoms with Gasteiger partial charge < -0.3 is 23.8 Å². The molecule has 0 bridgehead atoms. The summed E-state index contributed by atoms with van der Waals surface area (Å²) < 4.78 is 20.8. The minimum Gasteiger partial charge on any atom is -0.479 e. The fraction of sp³-hybridized carbons (Fsp3) is 0.625. The minimum absolute atomic E-state index is 0.0671. The van der Waals surface area contributed by atoms with Gasteiger partial charge in [0.1, 0.15) is 6.04 Å². The SMILES string of the molecule is COc1cc(C(=O)NC(c2nc(C(C)C)no2)C2CCOCC2)on1. The van der Waals surface area contributed by atoms with Crippen molar-refractivity contribution in [2.24, 2.45) is 5.92 Å². The Hall–Kier alpha value is -2.42. The van der Waals surface area contributed by atoms with E-state index in [1.165, 1.54) is 13.2 Å². The maximum absolute atomic E-state index is 12.5. The Labute approximate surface area is 145 Å². The molecule has 1 fully saturated rings. The second kappa shape index (κ2) is 7.64. The van der Waals surface area contributed by atoms with Crippen molar-refractivity contribution in [2.75, 3.05) is 20.3 Å². The van der Waals surface area contributed by atoms with Gasteiger partial charge in [0.05, 0.1) is 13.2 Å². The van der Waals surface area contributed by atoms with Crippen LogP contribution < -0.4 is 10.1 Å². The zero-order valence-electron chi connectivity index (χ0n) is 14.5. The highest BCUT2D eigenvalue weighted by Crippen LogP contribution is 2.30. The van der Waals surface area contributed by atoms with E-state index in [9.17, 15) is 4.79 Å². The van der Waals surface area contributed by atoms with E-state index < -0.39 is 11.9 Å². The summed E-state index contributed by atoms with van der Waals surface area (Å²) in [4.78, 5) is 17.0. The van der Waals surface area contributed by atoms with Gasteiger partial charge in [-0.3, -0.25) is 4.79 Å². The number of ether oxygens (including phenoxy) is 2. The summed E-state index contributed by atoms with van der Waals surface area (Å²) in [6.45, 7) is 5.24.